The Morgan fingerprint density at radius 3 is 2.42 bits per heavy atom. The average Bonchev–Trinajstić information content (AvgIpc) is 3.47. The molecular weight excluding hydrogens is 728 g/mol. The number of sulfonamides is 1. The maximum Gasteiger partial charge on any atom is 0.411 e. The second kappa shape index (κ2) is 16.9. The van der Waals surface area contributed by atoms with Gasteiger partial charge < -0.3 is 4.74 Å². The van der Waals surface area contributed by atoms with E-state index in [1.54, 1.807) is 42.5 Å². The number of hydrogen-bond acceptors (Lipinski definition) is 7. The van der Waals surface area contributed by atoms with Crippen molar-refractivity contribution in [1.82, 2.24) is 14.5 Å². The Kier molecular flexibility index (Phi) is 12.3. The van der Waals surface area contributed by atoms with Gasteiger partial charge in [-0.25, -0.2) is 27.0 Å². The van der Waals surface area contributed by atoms with Crippen LogP contribution in [0.2, 0.25) is 10.0 Å². The Hall–Kier alpha value is -5.22. The number of benzene rings is 4. The van der Waals surface area contributed by atoms with Crippen molar-refractivity contribution < 1.29 is 27.1 Å². The number of nitriles is 1. The van der Waals surface area contributed by atoms with E-state index in [1.165, 1.54) is 47.1 Å². The lowest BCUT2D eigenvalue weighted by Crippen LogP contribution is -2.31. The van der Waals surface area contributed by atoms with Crippen LogP contribution >= 0.6 is 23.2 Å². The number of amides is 2. The predicted octanol–water partition coefficient (Wildman–Crippen LogP) is 8.87. The van der Waals surface area contributed by atoms with Crippen LogP contribution in [0, 0.1) is 17.1 Å². The summed E-state index contributed by atoms with van der Waals surface area (Å²) in [5.41, 5.74) is 2.60. The fourth-order valence-electron chi connectivity index (χ4n) is 5.48. The SMILES string of the molecule is CCCCc1nn(-c2cc(NC(=O)OCCC)ccc2Cl)c(C#N)c1Cc1ccc(-c2ccccc2S(=O)(=O)NC(=O)c2ccccc2Cl)cc1F. The molecule has 0 aliphatic carbocycles. The molecule has 0 aliphatic rings. The molecule has 2 amide bonds. The van der Waals surface area contributed by atoms with Gasteiger partial charge in [-0.15, -0.1) is 0 Å². The highest BCUT2D eigenvalue weighted by Gasteiger charge is 2.25. The number of carbonyl (C=O) groups is 2. The monoisotopic (exact) mass is 761 g/mol. The van der Waals surface area contributed by atoms with Crippen molar-refractivity contribution >= 4 is 50.9 Å². The van der Waals surface area contributed by atoms with Crippen LogP contribution in [-0.4, -0.2) is 36.8 Å². The molecule has 5 rings (SSSR count). The molecule has 52 heavy (non-hydrogen) atoms. The number of unbranched alkanes of at least 4 members (excludes halogenated alkanes) is 1. The third kappa shape index (κ3) is 8.62. The number of rotatable bonds is 13. The van der Waals surface area contributed by atoms with E-state index >= 15 is 4.39 Å². The lowest BCUT2D eigenvalue weighted by molar-refractivity contribution is 0.0981. The molecule has 2 N–H and O–H groups in total. The molecule has 0 saturated carbocycles. The summed E-state index contributed by atoms with van der Waals surface area (Å²) >= 11 is 12.7. The summed E-state index contributed by atoms with van der Waals surface area (Å²) in [5.74, 6) is -1.55. The van der Waals surface area contributed by atoms with Crippen molar-refractivity contribution in [3.63, 3.8) is 0 Å². The molecule has 1 aromatic heterocycles. The number of aromatic nitrogens is 2. The van der Waals surface area contributed by atoms with Crippen molar-refractivity contribution in [2.75, 3.05) is 11.9 Å². The summed E-state index contributed by atoms with van der Waals surface area (Å²) < 4.78 is 51.4. The average molecular weight is 763 g/mol. The molecule has 0 unspecified atom stereocenters. The van der Waals surface area contributed by atoms with Crippen LogP contribution in [0.1, 0.15) is 66.0 Å². The number of nitrogens with one attached hydrogen (secondary N) is 2. The van der Waals surface area contributed by atoms with Gasteiger partial charge in [0.15, 0.2) is 0 Å². The summed E-state index contributed by atoms with van der Waals surface area (Å²) in [6.45, 7) is 4.15. The summed E-state index contributed by atoms with van der Waals surface area (Å²) in [5, 5.41) is 18.1. The molecule has 268 valence electrons. The van der Waals surface area contributed by atoms with Crippen LogP contribution in [-0.2, 0) is 27.6 Å². The molecule has 14 heteroatoms. The second-order valence-electron chi connectivity index (χ2n) is 11.7. The Balaban J connectivity index is 1.48. The number of nitrogens with zero attached hydrogens (tertiary/aromatic N) is 3. The molecule has 0 aliphatic heterocycles. The zero-order chi connectivity index (χ0) is 37.4. The van der Waals surface area contributed by atoms with Gasteiger partial charge in [-0.3, -0.25) is 10.1 Å². The van der Waals surface area contributed by atoms with Crippen molar-refractivity contribution in [2.45, 2.75) is 50.8 Å². The van der Waals surface area contributed by atoms with Gasteiger partial charge in [-0.05, 0) is 72.9 Å². The Morgan fingerprint density at radius 2 is 1.71 bits per heavy atom. The van der Waals surface area contributed by atoms with Gasteiger partial charge >= 0.3 is 6.09 Å². The van der Waals surface area contributed by atoms with Crippen LogP contribution in [0.5, 0.6) is 0 Å². The summed E-state index contributed by atoms with van der Waals surface area (Å²) in [4.78, 5) is 24.8. The Morgan fingerprint density at radius 1 is 0.962 bits per heavy atom. The minimum absolute atomic E-state index is 0.000789. The van der Waals surface area contributed by atoms with Crippen LogP contribution in [0.15, 0.2) is 89.8 Å². The first-order valence-electron chi connectivity index (χ1n) is 16.4. The molecule has 0 fully saturated rings. The van der Waals surface area contributed by atoms with E-state index < -0.39 is 27.8 Å². The molecule has 1 heterocycles. The van der Waals surface area contributed by atoms with Gasteiger partial charge in [0, 0.05) is 23.2 Å². The maximum atomic E-state index is 16.0. The Labute approximate surface area is 311 Å². The molecule has 0 bridgehead atoms. The molecule has 4 aromatic carbocycles. The zero-order valence-electron chi connectivity index (χ0n) is 28.3. The van der Waals surface area contributed by atoms with Crippen molar-refractivity contribution in [3.05, 3.63) is 129 Å². The molecular formula is C38H34Cl2FN5O5S. The summed E-state index contributed by atoms with van der Waals surface area (Å²) in [6, 6.07) is 23.2. The standard InChI is InChI=1S/C38H34Cl2FN5O5S/c1-3-5-13-33-29(35(23-42)46(44-33)34-22-26(17-18-31(34)40)43-38(48)51-19-4-2)20-25-16-15-24(21-32(25)41)27-10-7-9-14-36(27)52(49,50)45-37(47)28-11-6-8-12-30(28)39/h6-12,14-18,21-22H,3-5,13,19-20H2,1-2H3,(H,43,48)(H,45,47). The highest BCUT2D eigenvalue weighted by molar-refractivity contribution is 7.90. The van der Waals surface area contributed by atoms with Crippen LogP contribution in [0.25, 0.3) is 16.8 Å². The number of hydrogen-bond donors (Lipinski definition) is 2. The van der Waals surface area contributed by atoms with Gasteiger partial charge in [-0.2, -0.15) is 10.4 Å². The minimum Gasteiger partial charge on any atom is -0.449 e. The molecule has 5 aromatic rings. The second-order valence-corrected chi connectivity index (χ2v) is 14.2. The van der Waals surface area contributed by atoms with Crippen molar-refractivity contribution in [3.8, 4) is 22.9 Å². The fraction of sp³-hybridized carbons (Fsp3) is 0.211. The molecule has 0 spiro atoms. The lowest BCUT2D eigenvalue weighted by Gasteiger charge is -2.13. The van der Waals surface area contributed by atoms with Gasteiger partial charge in [0.25, 0.3) is 15.9 Å². The normalized spacial score (nSPS) is 11.2. The lowest BCUT2D eigenvalue weighted by atomic mass is 9.97. The van der Waals surface area contributed by atoms with E-state index in [2.05, 4.69) is 16.1 Å². The van der Waals surface area contributed by atoms with E-state index in [-0.39, 0.29) is 55.9 Å². The first-order valence-corrected chi connectivity index (χ1v) is 18.6. The Bertz CT molecular complexity index is 2290. The van der Waals surface area contributed by atoms with Gasteiger partial charge in [0.1, 0.15) is 17.6 Å². The quantitative estimate of drug-likeness (QED) is 0.122. The first-order chi connectivity index (χ1) is 25.0. The smallest absolute Gasteiger partial charge is 0.411 e. The molecule has 0 radical (unpaired) electrons. The third-order valence-corrected chi connectivity index (χ3v) is 10.1. The van der Waals surface area contributed by atoms with Crippen molar-refractivity contribution in [1.29, 1.82) is 5.26 Å². The third-order valence-electron chi connectivity index (χ3n) is 8.05. The van der Waals surface area contributed by atoms with Crippen LogP contribution in [0.4, 0.5) is 14.9 Å². The highest BCUT2D eigenvalue weighted by Crippen LogP contribution is 2.32. The summed E-state index contributed by atoms with van der Waals surface area (Å²) in [6.07, 6.45) is 2.13. The van der Waals surface area contributed by atoms with Crippen LogP contribution < -0.4 is 10.0 Å². The van der Waals surface area contributed by atoms with Gasteiger partial charge in [0.2, 0.25) is 0 Å². The zero-order valence-corrected chi connectivity index (χ0v) is 30.6. The van der Waals surface area contributed by atoms with Gasteiger partial charge in [0.05, 0.1) is 38.5 Å². The van der Waals surface area contributed by atoms with E-state index in [4.69, 9.17) is 33.0 Å². The highest BCUT2D eigenvalue weighted by atomic mass is 35.5. The number of halogens is 3. The van der Waals surface area contributed by atoms with E-state index in [1.807, 2.05) is 13.8 Å². The van der Waals surface area contributed by atoms with E-state index in [9.17, 15) is 23.3 Å². The minimum atomic E-state index is -4.41. The fourth-order valence-corrected chi connectivity index (χ4v) is 7.10. The first kappa shape index (κ1) is 38.0. The molecule has 0 saturated heterocycles. The number of aryl methyl sites for hydroxylation is 1. The maximum absolute atomic E-state index is 16.0. The number of carbonyl (C=O) groups excluding carboxylic acids is 2. The molecule has 10 nitrogen and oxygen atoms in total. The summed E-state index contributed by atoms with van der Waals surface area (Å²) in [7, 11) is -4.41. The predicted molar refractivity (Wildman–Crippen MR) is 198 cm³/mol. The van der Waals surface area contributed by atoms with Crippen LogP contribution in [0.3, 0.4) is 0 Å². The molecule has 0 atom stereocenters. The largest absolute Gasteiger partial charge is 0.449 e. The topological polar surface area (TPSA) is 143 Å². The number of anilines is 1. The van der Waals surface area contributed by atoms with Crippen molar-refractivity contribution in [2.24, 2.45) is 0 Å². The number of ether oxygens (including phenoxy) is 1. The van der Waals surface area contributed by atoms with E-state index in [0.29, 0.717) is 35.5 Å². The van der Waals surface area contributed by atoms with E-state index in [0.717, 1.165) is 12.8 Å². The van der Waals surface area contributed by atoms with Gasteiger partial charge in [-0.1, -0.05) is 85.9 Å².